The van der Waals surface area contributed by atoms with Crippen LogP contribution in [0.5, 0.6) is 5.75 Å². The minimum absolute atomic E-state index is 0.240. The number of nitrogens with zero attached hydrogens (tertiary/aromatic N) is 1. The Morgan fingerprint density at radius 3 is 2.18 bits per heavy atom. The minimum atomic E-state index is -4.79. The number of halogens is 3. The number of aliphatic hydroxyl groups is 1. The fourth-order valence-corrected chi connectivity index (χ4v) is 4.24. The molecule has 0 heterocycles. The van der Waals surface area contributed by atoms with E-state index in [4.69, 9.17) is 5.11 Å². The van der Waals surface area contributed by atoms with Gasteiger partial charge in [0.05, 0.1) is 0 Å². The first-order valence-electron chi connectivity index (χ1n) is 9.05. The van der Waals surface area contributed by atoms with Crippen molar-refractivity contribution in [3.05, 3.63) is 23.8 Å². The van der Waals surface area contributed by atoms with Crippen molar-refractivity contribution in [2.24, 2.45) is 11.8 Å². The molecule has 1 aromatic carbocycles. The third-order valence-electron chi connectivity index (χ3n) is 4.83. The number of aliphatic hydroxyl groups excluding tert-OH is 1. The standard InChI is InChI=1S/C19H24F3NO3.CH4O/c1-12-7-13(2)10-18(9-12,11-24)23(15(4)25)16-5-6-17(14(3)8-16)26-19(20,21)22;1-2/h5-6,8,11-13H,7,9-10H2,1-4H3;2H,1H3. The van der Waals surface area contributed by atoms with Crippen LogP contribution in [0.3, 0.4) is 0 Å². The number of amides is 1. The van der Waals surface area contributed by atoms with Gasteiger partial charge in [0.1, 0.15) is 17.6 Å². The summed E-state index contributed by atoms with van der Waals surface area (Å²) in [6.07, 6.45) is -1.94. The lowest BCUT2D eigenvalue weighted by molar-refractivity contribution is -0.274. The Morgan fingerprint density at radius 2 is 1.79 bits per heavy atom. The van der Waals surface area contributed by atoms with Gasteiger partial charge < -0.3 is 14.6 Å². The monoisotopic (exact) mass is 403 g/mol. The second kappa shape index (κ2) is 9.41. The molecular formula is C20H28F3NO4. The molecule has 1 aliphatic carbocycles. The Bertz CT molecular complexity index is 681. The van der Waals surface area contributed by atoms with E-state index < -0.39 is 11.9 Å². The van der Waals surface area contributed by atoms with Gasteiger partial charge in [0.2, 0.25) is 5.91 Å². The van der Waals surface area contributed by atoms with Gasteiger partial charge in [0, 0.05) is 19.7 Å². The van der Waals surface area contributed by atoms with Crippen LogP contribution in [0.15, 0.2) is 18.2 Å². The summed E-state index contributed by atoms with van der Waals surface area (Å²) < 4.78 is 41.4. The first-order valence-corrected chi connectivity index (χ1v) is 9.05. The van der Waals surface area contributed by atoms with Crippen LogP contribution in [-0.2, 0) is 9.59 Å². The van der Waals surface area contributed by atoms with Crippen LogP contribution >= 0.6 is 0 Å². The largest absolute Gasteiger partial charge is 0.573 e. The summed E-state index contributed by atoms with van der Waals surface area (Å²) in [7, 11) is 1.00. The summed E-state index contributed by atoms with van der Waals surface area (Å²) in [5.74, 6) is -0.114. The zero-order valence-corrected chi connectivity index (χ0v) is 16.8. The number of aryl methyl sites for hydroxylation is 1. The Kier molecular flexibility index (Phi) is 8.05. The molecule has 1 saturated carbocycles. The fraction of sp³-hybridized carbons (Fsp3) is 0.600. The van der Waals surface area contributed by atoms with E-state index in [0.717, 1.165) is 19.8 Å². The molecule has 158 valence electrons. The van der Waals surface area contributed by atoms with Crippen molar-refractivity contribution >= 4 is 17.9 Å². The van der Waals surface area contributed by atoms with Gasteiger partial charge in [-0.15, -0.1) is 13.2 Å². The Balaban J connectivity index is 0.00000190. The summed E-state index contributed by atoms with van der Waals surface area (Å²) in [5.41, 5.74) is -0.344. The van der Waals surface area contributed by atoms with Gasteiger partial charge in [-0.1, -0.05) is 13.8 Å². The van der Waals surface area contributed by atoms with Crippen molar-refractivity contribution in [3.8, 4) is 5.75 Å². The van der Waals surface area contributed by atoms with Crippen LogP contribution in [-0.4, -0.2) is 36.3 Å². The van der Waals surface area contributed by atoms with Gasteiger partial charge in [-0.25, -0.2) is 0 Å². The normalized spacial score (nSPS) is 24.6. The number of benzene rings is 1. The molecule has 1 aromatic rings. The van der Waals surface area contributed by atoms with E-state index in [9.17, 15) is 22.8 Å². The molecule has 1 N–H and O–H groups in total. The van der Waals surface area contributed by atoms with Crippen molar-refractivity contribution in [2.45, 2.75) is 58.9 Å². The highest BCUT2D eigenvalue weighted by atomic mass is 19.4. The van der Waals surface area contributed by atoms with Gasteiger partial charge in [0.15, 0.2) is 0 Å². The van der Waals surface area contributed by atoms with E-state index in [0.29, 0.717) is 18.5 Å². The number of alkyl halides is 3. The van der Waals surface area contributed by atoms with Gasteiger partial charge in [-0.2, -0.15) is 0 Å². The van der Waals surface area contributed by atoms with E-state index in [-0.39, 0.29) is 29.1 Å². The van der Waals surface area contributed by atoms with Gasteiger partial charge in [-0.3, -0.25) is 9.69 Å². The molecule has 5 nitrogen and oxygen atoms in total. The van der Waals surface area contributed by atoms with Gasteiger partial charge in [0.25, 0.3) is 0 Å². The summed E-state index contributed by atoms with van der Waals surface area (Å²) in [4.78, 5) is 25.9. The van der Waals surface area contributed by atoms with Crippen molar-refractivity contribution in [2.75, 3.05) is 12.0 Å². The van der Waals surface area contributed by atoms with Gasteiger partial charge >= 0.3 is 6.36 Å². The van der Waals surface area contributed by atoms with E-state index >= 15 is 0 Å². The molecular weight excluding hydrogens is 375 g/mol. The molecule has 0 saturated heterocycles. The Morgan fingerprint density at radius 1 is 1.25 bits per heavy atom. The Labute approximate surface area is 163 Å². The highest BCUT2D eigenvalue weighted by Crippen LogP contribution is 2.42. The van der Waals surface area contributed by atoms with Crippen LogP contribution in [0.4, 0.5) is 18.9 Å². The van der Waals surface area contributed by atoms with Crippen LogP contribution in [0.25, 0.3) is 0 Å². The average Bonchev–Trinajstić information content (AvgIpc) is 2.57. The van der Waals surface area contributed by atoms with Crippen LogP contribution in [0, 0.1) is 18.8 Å². The van der Waals surface area contributed by atoms with E-state index in [1.807, 2.05) is 13.8 Å². The van der Waals surface area contributed by atoms with Crippen LogP contribution in [0.1, 0.15) is 45.6 Å². The molecule has 2 unspecified atom stereocenters. The first-order chi connectivity index (χ1) is 13.0. The summed E-state index contributed by atoms with van der Waals surface area (Å²) in [6, 6.07) is 4.03. The molecule has 0 aromatic heterocycles. The second-order valence-electron chi connectivity index (χ2n) is 7.43. The average molecular weight is 403 g/mol. The third kappa shape index (κ3) is 5.70. The lowest BCUT2D eigenvalue weighted by atomic mass is 9.71. The van der Waals surface area contributed by atoms with E-state index in [1.165, 1.54) is 36.9 Å². The molecule has 0 radical (unpaired) electrons. The topological polar surface area (TPSA) is 66.8 Å². The number of aldehydes is 1. The number of hydrogen-bond donors (Lipinski definition) is 1. The second-order valence-corrected chi connectivity index (χ2v) is 7.43. The molecule has 0 spiro atoms. The van der Waals surface area contributed by atoms with Crippen molar-refractivity contribution in [1.82, 2.24) is 0 Å². The smallest absolute Gasteiger partial charge is 0.406 e. The number of ether oxygens (including phenoxy) is 1. The minimum Gasteiger partial charge on any atom is -0.406 e. The number of rotatable bonds is 4. The fourth-order valence-electron chi connectivity index (χ4n) is 4.24. The molecule has 2 atom stereocenters. The first kappa shape index (κ1) is 23.9. The van der Waals surface area contributed by atoms with Gasteiger partial charge in [-0.05, 0) is 61.8 Å². The number of anilines is 1. The maximum atomic E-state index is 12.5. The zero-order chi connectivity index (χ0) is 21.7. The van der Waals surface area contributed by atoms with E-state index in [2.05, 4.69) is 4.74 Å². The SMILES string of the molecule is CC(=O)N(c1ccc(OC(F)(F)F)c(C)c1)C1(C=O)CC(C)CC(C)C1.CO. The zero-order valence-electron chi connectivity index (χ0n) is 16.8. The molecule has 1 fully saturated rings. The van der Waals surface area contributed by atoms with Crippen LogP contribution < -0.4 is 9.64 Å². The lowest BCUT2D eigenvalue weighted by Crippen LogP contribution is -2.56. The summed E-state index contributed by atoms with van der Waals surface area (Å²) >= 11 is 0. The predicted octanol–water partition coefficient (Wildman–Crippen LogP) is 4.25. The number of carbonyl (C=O) groups is 2. The molecule has 2 rings (SSSR count). The third-order valence-corrected chi connectivity index (χ3v) is 4.83. The lowest BCUT2D eigenvalue weighted by Gasteiger charge is -2.46. The number of carbonyl (C=O) groups excluding carboxylic acids is 2. The molecule has 0 bridgehead atoms. The highest BCUT2D eigenvalue weighted by Gasteiger charge is 2.45. The van der Waals surface area contributed by atoms with Crippen molar-refractivity contribution in [1.29, 1.82) is 0 Å². The maximum Gasteiger partial charge on any atom is 0.573 e. The quantitative estimate of drug-likeness (QED) is 0.764. The Hall–Kier alpha value is -2.09. The number of hydrogen-bond acceptors (Lipinski definition) is 4. The molecule has 1 amide bonds. The highest BCUT2D eigenvalue weighted by molar-refractivity contribution is 5.98. The van der Waals surface area contributed by atoms with Crippen molar-refractivity contribution in [3.63, 3.8) is 0 Å². The summed E-state index contributed by atoms with van der Waals surface area (Å²) in [5, 5.41) is 7.00. The molecule has 1 aliphatic rings. The molecule has 8 heteroatoms. The van der Waals surface area contributed by atoms with E-state index in [1.54, 1.807) is 0 Å². The predicted molar refractivity (Wildman–Crippen MR) is 100 cm³/mol. The summed E-state index contributed by atoms with van der Waals surface area (Å²) in [6.45, 7) is 6.92. The van der Waals surface area contributed by atoms with Crippen molar-refractivity contribution < 1.29 is 32.6 Å². The van der Waals surface area contributed by atoms with Crippen LogP contribution in [0.2, 0.25) is 0 Å². The maximum absolute atomic E-state index is 12.5. The molecule has 0 aliphatic heterocycles. The molecule has 28 heavy (non-hydrogen) atoms.